The van der Waals surface area contributed by atoms with E-state index in [1.807, 2.05) is 0 Å². The van der Waals surface area contributed by atoms with Gasteiger partial charge in [-0.3, -0.25) is 5.01 Å². The van der Waals surface area contributed by atoms with Crippen molar-refractivity contribution in [2.24, 2.45) is 11.6 Å². The van der Waals surface area contributed by atoms with Gasteiger partial charge in [0.2, 0.25) is 0 Å². The Morgan fingerprint density at radius 1 is 1.39 bits per heavy atom. The van der Waals surface area contributed by atoms with Gasteiger partial charge in [0.15, 0.2) is 11.9 Å². The third-order valence-electron chi connectivity index (χ3n) is 3.08. The summed E-state index contributed by atoms with van der Waals surface area (Å²) in [5.41, 5.74) is 6.76. The molecule has 2 rings (SSSR count). The number of aromatic nitrogens is 1. The topological polar surface area (TPSA) is 77.4 Å². The predicted octanol–water partition coefficient (Wildman–Crippen LogP) is 2.44. The Bertz CT molecular complexity index is 682. The van der Waals surface area contributed by atoms with Crippen molar-refractivity contribution in [3.8, 4) is 5.88 Å². The molecule has 0 saturated carbocycles. The predicted molar refractivity (Wildman–Crippen MR) is 75.8 cm³/mol. The van der Waals surface area contributed by atoms with Gasteiger partial charge in [0.1, 0.15) is 0 Å². The molecule has 0 aliphatic carbocycles. The molecular weight excluding hydrogens is 316 g/mol. The van der Waals surface area contributed by atoms with Crippen LogP contribution in [0.25, 0.3) is 5.57 Å². The zero-order chi connectivity index (χ0) is 17.2. The molecule has 0 unspecified atom stereocenters. The van der Waals surface area contributed by atoms with Crippen LogP contribution in [0.5, 0.6) is 5.88 Å². The Morgan fingerprint density at radius 3 is 2.65 bits per heavy atom. The first-order valence-electron chi connectivity index (χ1n) is 6.47. The van der Waals surface area contributed by atoms with Crippen molar-refractivity contribution in [3.63, 3.8) is 0 Å². The normalized spacial score (nSPS) is 18.1. The Hall–Kier alpha value is -2.55. The van der Waals surface area contributed by atoms with Crippen LogP contribution in [0, 0.1) is 5.82 Å². The minimum atomic E-state index is -4.60. The molecule has 124 valence electrons. The van der Waals surface area contributed by atoms with Crippen molar-refractivity contribution in [2.75, 3.05) is 0 Å². The maximum absolute atomic E-state index is 13.9. The monoisotopic (exact) mass is 330 g/mol. The highest BCUT2D eigenvalue weighted by atomic mass is 19.4. The van der Waals surface area contributed by atoms with Crippen molar-refractivity contribution in [1.29, 1.82) is 0 Å². The fourth-order valence-corrected chi connectivity index (χ4v) is 1.75. The fraction of sp³-hybridized carbons (Fsp3) is 0.214. The van der Waals surface area contributed by atoms with E-state index in [4.69, 9.17) is 11.6 Å². The lowest BCUT2D eigenvalue weighted by Crippen LogP contribution is -2.31. The summed E-state index contributed by atoms with van der Waals surface area (Å²) in [6.45, 7) is 0.773. The minimum absolute atomic E-state index is 0.346. The lowest BCUT2D eigenvalue weighted by Gasteiger charge is -2.20. The summed E-state index contributed by atoms with van der Waals surface area (Å²) in [6.07, 6.45) is 0.363. The number of hydrazine groups is 1. The van der Waals surface area contributed by atoms with E-state index in [-0.39, 0.29) is 0 Å². The molecule has 2 heterocycles. The number of allylic oxidation sites excluding steroid dienone is 3. The van der Waals surface area contributed by atoms with E-state index in [1.54, 1.807) is 12.2 Å². The molecular formula is C14H14F4N4O. The second-order valence-corrected chi connectivity index (χ2v) is 4.73. The average molecular weight is 330 g/mol. The molecule has 1 aromatic heterocycles. The summed E-state index contributed by atoms with van der Waals surface area (Å²) in [6, 6.07) is 1.03. The largest absolute Gasteiger partial charge is 0.463 e. The number of halogens is 4. The van der Waals surface area contributed by atoms with Crippen LogP contribution in [0.1, 0.15) is 12.5 Å². The Morgan fingerprint density at radius 2 is 2.09 bits per heavy atom. The van der Waals surface area contributed by atoms with Crippen LogP contribution in [0.2, 0.25) is 0 Å². The van der Waals surface area contributed by atoms with Crippen molar-refractivity contribution < 1.29 is 22.3 Å². The molecule has 0 fully saturated rings. The van der Waals surface area contributed by atoms with Gasteiger partial charge in [-0.15, -0.1) is 0 Å². The number of hydrogen-bond donors (Lipinski definition) is 2. The van der Waals surface area contributed by atoms with E-state index in [2.05, 4.69) is 9.72 Å². The third kappa shape index (κ3) is 3.81. The van der Waals surface area contributed by atoms with Gasteiger partial charge < -0.3 is 10.5 Å². The second-order valence-electron chi connectivity index (χ2n) is 4.73. The molecule has 23 heavy (non-hydrogen) atoms. The van der Waals surface area contributed by atoms with E-state index < -0.39 is 24.0 Å². The molecule has 0 bridgehead atoms. The fourth-order valence-electron chi connectivity index (χ4n) is 1.75. The summed E-state index contributed by atoms with van der Waals surface area (Å²) in [5.74, 6) is 3.90. The van der Waals surface area contributed by atoms with Gasteiger partial charge in [0, 0.05) is 24.2 Å². The van der Waals surface area contributed by atoms with Crippen molar-refractivity contribution in [3.05, 3.63) is 53.9 Å². The van der Waals surface area contributed by atoms with Crippen molar-refractivity contribution in [2.45, 2.75) is 19.2 Å². The third-order valence-corrected chi connectivity index (χ3v) is 3.08. The standard InChI is InChI=1S/C14H14F4N4O/c1-8(14(16,17)18)23-13-12(15)5-10(7-21-13)9-2-3-22(20)11(4-9)6-19/h2-8H,19-20H2,1H3/b11-6-/t8-/m1/s1. The van der Waals surface area contributed by atoms with Crippen LogP contribution < -0.4 is 16.3 Å². The van der Waals surface area contributed by atoms with Crippen LogP contribution >= 0.6 is 0 Å². The van der Waals surface area contributed by atoms with Gasteiger partial charge in [-0.1, -0.05) is 0 Å². The highest BCUT2D eigenvalue weighted by Gasteiger charge is 2.38. The van der Waals surface area contributed by atoms with Gasteiger partial charge >= 0.3 is 6.18 Å². The molecule has 0 spiro atoms. The van der Waals surface area contributed by atoms with Crippen LogP contribution in [-0.2, 0) is 0 Å². The zero-order valence-electron chi connectivity index (χ0n) is 12.0. The SMILES string of the molecule is C[C@@H](Oc1ncc(C2=C/C(=C/N)N(N)C=C2)cc1F)C(F)(F)F. The second kappa shape index (κ2) is 6.29. The summed E-state index contributed by atoms with van der Waals surface area (Å²) in [4.78, 5) is 3.61. The van der Waals surface area contributed by atoms with Crippen LogP contribution in [-0.4, -0.2) is 22.3 Å². The van der Waals surface area contributed by atoms with Gasteiger partial charge in [0.25, 0.3) is 5.88 Å². The highest BCUT2D eigenvalue weighted by molar-refractivity contribution is 5.77. The molecule has 0 amide bonds. The Kier molecular flexibility index (Phi) is 4.60. The number of pyridine rings is 1. The Labute approximate surface area is 129 Å². The molecule has 0 saturated heterocycles. The number of hydrogen-bond acceptors (Lipinski definition) is 5. The zero-order valence-corrected chi connectivity index (χ0v) is 12.0. The Balaban J connectivity index is 2.25. The first kappa shape index (κ1) is 16.8. The van der Waals surface area contributed by atoms with Crippen LogP contribution in [0.3, 0.4) is 0 Å². The molecule has 9 heteroatoms. The average Bonchev–Trinajstić information content (AvgIpc) is 2.48. The molecule has 4 N–H and O–H groups in total. The molecule has 5 nitrogen and oxygen atoms in total. The lowest BCUT2D eigenvalue weighted by atomic mass is 10.0. The molecule has 1 aromatic rings. The molecule has 0 radical (unpaired) electrons. The van der Waals surface area contributed by atoms with Gasteiger partial charge in [-0.25, -0.2) is 15.2 Å². The number of nitrogens with zero attached hydrogens (tertiary/aromatic N) is 2. The smallest absolute Gasteiger partial charge is 0.425 e. The maximum Gasteiger partial charge on any atom is 0.425 e. The van der Waals surface area contributed by atoms with E-state index in [0.29, 0.717) is 16.8 Å². The van der Waals surface area contributed by atoms with E-state index in [9.17, 15) is 17.6 Å². The maximum atomic E-state index is 13.9. The first-order chi connectivity index (χ1) is 10.7. The van der Waals surface area contributed by atoms with Gasteiger partial charge in [-0.05, 0) is 30.7 Å². The molecule has 1 aliphatic rings. The van der Waals surface area contributed by atoms with Crippen LogP contribution in [0.4, 0.5) is 17.6 Å². The van der Waals surface area contributed by atoms with Crippen molar-refractivity contribution >= 4 is 5.57 Å². The summed E-state index contributed by atoms with van der Waals surface area (Å²) < 4.78 is 55.7. The van der Waals surface area contributed by atoms with Gasteiger partial charge in [-0.2, -0.15) is 13.2 Å². The quantitative estimate of drug-likeness (QED) is 0.657. The lowest BCUT2D eigenvalue weighted by molar-refractivity contribution is -0.190. The molecule has 1 aliphatic heterocycles. The summed E-state index contributed by atoms with van der Waals surface area (Å²) in [5, 5.41) is 1.26. The highest BCUT2D eigenvalue weighted by Crippen LogP contribution is 2.28. The number of nitrogens with two attached hydrogens (primary N) is 2. The number of alkyl halides is 3. The van der Waals surface area contributed by atoms with E-state index in [1.165, 1.54) is 23.6 Å². The number of rotatable bonds is 3. The minimum Gasteiger partial charge on any atom is -0.463 e. The molecule has 1 atom stereocenters. The van der Waals surface area contributed by atoms with Crippen molar-refractivity contribution in [1.82, 2.24) is 9.99 Å². The summed E-state index contributed by atoms with van der Waals surface area (Å²) >= 11 is 0. The first-order valence-corrected chi connectivity index (χ1v) is 6.47. The number of ether oxygens (including phenoxy) is 1. The van der Waals surface area contributed by atoms with E-state index >= 15 is 0 Å². The van der Waals surface area contributed by atoms with Crippen LogP contribution in [0.15, 0.2) is 42.5 Å². The van der Waals surface area contributed by atoms with Gasteiger partial charge in [0.05, 0.1) is 5.70 Å². The van der Waals surface area contributed by atoms with E-state index in [0.717, 1.165) is 13.0 Å². The summed E-state index contributed by atoms with van der Waals surface area (Å²) in [7, 11) is 0. The molecule has 0 aromatic carbocycles.